The molecule has 3 fully saturated rings. The number of amides is 1. The average molecular weight is 569 g/mol. The Morgan fingerprint density at radius 1 is 1.15 bits per heavy atom. The van der Waals surface area contributed by atoms with Crippen LogP contribution in [0.2, 0.25) is 0 Å². The van der Waals surface area contributed by atoms with Crippen LogP contribution < -0.4 is 10.2 Å². The van der Waals surface area contributed by atoms with Crippen molar-refractivity contribution < 1.29 is 18.7 Å². The van der Waals surface area contributed by atoms with Crippen LogP contribution in [0.1, 0.15) is 83.0 Å². The maximum Gasteiger partial charge on any atom is 0.224 e. The first-order valence-corrected chi connectivity index (χ1v) is 15.4. The van der Waals surface area contributed by atoms with E-state index in [1.54, 1.807) is 18.5 Å². The predicted molar refractivity (Wildman–Crippen MR) is 156 cm³/mol. The number of halogens is 1. The Bertz CT molecular complexity index is 1190. The molecule has 1 aliphatic carbocycles. The fraction of sp³-hybridized carbons (Fsp3) is 0.677. The zero-order chi connectivity index (χ0) is 28.8. The highest BCUT2D eigenvalue weighted by Gasteiger charge is 2.58. The van der Waals surface area contributed by atoms with Gasteiger partial charge in [-0.2, -0.15) is 0 Å². The Labute approximate surface area is 242 Å². The number of unbranched alkanes of at least 4 members (excludes halogenated alkanes) is 3. The lowest BCUT2D eigenvalue weighted by atomic mass is 9.91. The number of anilines is 1. The van der Waals surface area contributed by atoms with Crippen molar-refractivity contribution in [2.75, 3.05) is 51.3 Å². The van der Waals surface area contributed by atoms with Gasteiger partial charge in [-0.05, 0) is 63.7 Å². The summed E-state index contributed by atoms with van der Waals surface area (Å²) in [5, 5.41) is 3.31. The third kappa shape index (κ3) is 7.15. The van der Waals surface area contributed by atoms with Crippen LogP contribution in [-0.4, -0.2) is 78.0 Å². The summed E-state index contributed by atoms with van der Waals surface area (Å²) in [6.45, 7) is 6.29. The van der Waals surface area contributed by atoms with Crippen molar-refractivity contribution >= 4 is 17.5 Å². The first-order chi connectivity index (χ1) is 19.9. The molecular formula is C31H45FN6O3. The van der Waals surface area contributed by atoms with Crippen molar-refractivity contribution in [3.05, 3.63) is 30.1 Å². The zero-order valence-corrected chi connectivity index (χ0v) is 24.6. The Hall–Kier alpha value is -2.85. The molecule has 1 spiro atoms. The Balaban J connectivity index is 1.27. The molecule has 10 heteroatoms. The summed E-state index contributed by atoms with van der Waals surface area (Å²) in [6.07, 6.45) is 12.1. The van der Waals surface area contributed by atoms with Gasteiger partial charge in [-0.15, -0.1) is 0 Å². The van der Waals surface area contributed by atoms with Crippen molar-refractivity contribution in [1.82, 2.24) is 25.2 Å². The minimum absolute atomic E-state index is 0.0573. The molecule has 0 unspecified atom stereocenters. The van der Waals surface area contributed by atoms with Gasteiger partial charge >= 0.3 is 0 Å². The molecule has 0 bridgehead atoms. The number of hydrogen-bond donors (Lipinski definition) is 2. The van der Waals surface area contributed by atoms with Crippen LogP contribution in [-0.2, 0) is 14.3 Å². The summed E-state index contributed by atoms with van der Waals surface area (Å²) in [7, 11) is 2.14. The van der Waals surface area contributed by atoms with E-state index in [9.17, 15) is 9.59 Å². The quantitative estimate of drug-likeness (QED) is 0.339. The topological polar surface area (TPSA) is 103 Å². The van der Waals surface area contributed by atoms with E-state index in [1.165, 1.54) is 0 Å². The summed E-state index contributed by atoms with van der Waals surface area (Å²) >= 11 is 0. The minimum Gasteiger partial charge on any atom is -0.378 e. The molecule has 224 valence electrons. The van der Waals surface area contributed by atoms with Gasteiger partial charge in [-0.25, -0.2) is 14.4 Å². The van der Waals surface area contributed by atoms with Gasteiger partial charge in [0.15, 0.2) is 11.6 Å². The predicted octanol–water partition coefficient (Wildman–Crippen LogP) is 4.66. The highest BCUT2D eigenvalue weighted by atomic mass is 19.1. The highest BCUT2D eigenvalue weighted by molar-refractivity contribution is 5.83. The van der Waals surface area contributed by atoms with Crippen LogP contribution in [0.5, 0.6) is 0 Å². The first kappa shape index (κ1) is 29.6. The van der Waals surface area contributed by atoms with Crippen LogP contribution in [0.3, 0.4) is 0 Å². The lowest BCUT2D eigenvalue weighted by Crippen LogP contribution is -2.37. The summed E-state index contributed by atoms with van der Waals surface area (Å²) < 4.78 is 21.0. The van der Waals surface area contributed by atoms with Crippen LogP contribution in [0, 0.1) is 17.2 Å². The Morgan fingerprint density at radius 2 is 1.90 bits per heavy atom. The standard InChI is InChI=1S/C31H45FN6O3/c1-3-22(39)8-6-4-5-7-9-25(36-30(40)24-20-31(24)11-14-37(2)15-12-31)28-34-21-26(35-28)23-10-13-33-29(27(23)32)38-16-18-41-19-17-38/h10,13,21,24-25H,3-9,11-12,14-20H2,1-2H3,(H,34,35)(H,36,40)/t24-,25+/m1/s1. The molecule has 0 aromatic carbocycles. The number of H-pyrrole nitrogens is 1. The number of imidazole rings is 1. The van der Waals surface area contributed by atoms with Gasteiger partial charge in [0.2, 0.25) is 5.91 Å². The van der Waals surface area contributed by atoms with Gasteiger partial charge < -0.3 is 24.8 Å². The number of pyridine rings is 1. The number of nitrogens with zero attached hydrogens (tertiary/aromatic N) is 4. The van der Waals surface area contributed by atoms with E-state index in [-0.39, 0.29) is 29.1 Å². The third-order valence-corrected chi connectivity index (χ3v) is 9.30. The van der Waals surface area contributed by atoms with Crippen LogP contribution in [0.4, 0.5) is 10.2 Å². The SMILES string of the molecule is CCC(=O)CCCCCC[C@H](NC(=O)[C@H]1CC12CCN(C)CC2)c1ncc(-c2ccnc(N3CCOCC3)c2F)[nH]1. The molecule has 2 aromatic heterocycles. The number of carbonyl (C=O) groups excluding carboxylic acids is 2. The Kier molecular flexibility index (Phi) is 9.70. The van der Waals surface area contributed by atoms with Crippen LogP contribution in [0.15, 0.2) is 18.5 Å². The number of likely N-dealkylation sites (tertiary alicyclic amines) is 1. The molecule has 4 heterocycles. The summed E-state index contributed by atoms with van der Waals surface area (Å²) in [5.74, 6) is 1.07. The smallest absolute Gasteiger partial charge is 0.224 e. The lowest BCUT2D eigenvalue weighted by molar-refractivity contribution is -0.124. The Morgan fingerprint density at radius 3 is 2.66 bits per heavy atom. The number of rotatable bonds is 13. The van der Waals surface area contributed by atoms with Crippen molar-refractivity contribution in [2.45, 2.75) is 77.2 Å². The number of nitrogens with one attached hydrogen (secondary N) is 2. The van der Waals surface area contributed by atoms with E-state index in [4.69, 9.17) is 4.74 Å². The molecule has 2 aliphatic heterocycles. The lowest BCUT2D eigenvalue weighted by Gasteiger charge is -2.30. The molecule has 5 rings (SSSR count). The van der Waals surface area contributed by atoms with E-state index >= 15 is 4.39 Å². The zero-order valence-electron chi connectivity index (χ0n) is 24.6. The number of carbonyl (C=O) groups is 2. The van der Waals surface area contributed by atoms with Crippen molar-refractivity contribution in [2.24, 2.45) is 11.3 Å². The largest absolute Gasteiger partial charge is 0.378 e. The molecule has 1 amide bonds. The molecule has 2 saturated heterocycles. The van der Waals surface area contributed by atoms with Gasteiger partial charge in [0, 0.05) is 43.6 Å². The molecule has 2 atom stereocenters. The number of ether oxygens (including phenoxy) is 1. The second kappa shape index (κ2) is 13.4. The van der Waals surface area contributed by atoms with Gasteiger partial charge in [0.25, 0.3) is 0 Å². The van der Waals surface area contributed by atoms with Gasteiger partial charge in [-0.3, -0.25) is 9.59 Å². The van der Waals surface area contributed by atoms with E-state index in [0.29, 0.717) is 67.8 Å². The second-order valence-electron chi connectivity index (χ2n) is 12.1. The van der Waals surface area contributed by atoms with Crippen molar-refractivity contribution in [1.29, 1.82) is 0 Å². The first-order valence-electron chi connectivity index (χ1n) is 15.4. The monoisotopic (exact) mass is 568 g/mol. The maximum atomic E-state index is 15.6. The summed E-state index contributed by atoms with van der Waals surface area (Å²) in [4.78, 5) is 41.6. The van der Waals surface area contributed by atoms with E-state index in [2.05, 4.69) is 32.2 Å². The molecule has 0 radical (unpaired) electrons. The number of aromatic amines is 1. The fourth-order valence-corrected chi connectivity index (χ4v) is 6.37. The van der Waals surface area contributed by atoms with Crippen LogP contribution in [0.25, 0.3) is 11.3 Å². The highest BCUT2D eigenvalue weighted by Crippen LogP contribution is 2.59. The molecule has 9 nitrogen and oxygen atoms in total. The normalized spacial score (nSPS) is 21.1. The molecule has 2 aromatic rings. The molecule has 2 N–H and O–H groups in total. The van der Waals surface area contributed by atoms with E-state index < -0.39 is 0 Å². The molecule has 41 heavy (non-hydrogen) atoms. The number of Topliss-reactive ketones (excluding diaryl/α,β-unsaturated/α-hetero) is 1. The number of piperidine rings is 1. The van der Waals surface area contributed by atoms with Gasteiger partial charge in [0.05, 0.1) is 31.1 Å². The molecular weight excluding hydrogens is 523 g/mol. The van der Waals surface area contributed by atoms with E-state index in [0.717, 1.165) is 64.5 Å². The minimum atomic E-state index is -0.381. The van der Waals surface area contributed by atoms with Gasteiger partial charge in [-0.1, -0.05) is 26.2 Å². The van der Waals surface area contributed by atoms with Crippen LogP contribution >= 0.6 is 0 Å². The second-order valence-corrected chi connectivity index (χ2v) is 12.1. The fourth-order valence-electron chi connectivity index (χ4n) is 6.37. The molecule has 3 aliphatic rings. The van der Waals surface area contributed by atoms with Crippen molar-refractivity contribution in [3.63, 3.8) is 0 Å². The maximum absolute atomic E-state index is 15.6. The molecule has 1 saturated carbocycles. The van der Waals surface area contributed by atoms with Crippen molar-refractivity contribution in [3.8, 4) is 11.3 Å². The third-order valence-electron chi connectivity index (χ3n) is 9.30. The number of aromatic nitrogens is 3. The van der Waals surface area contributed by atoms with E-state index in [1.807, 2.05) is 11.8 Å². The number of hydrogen-bond acceptors (Lipinski definition) is 7. The average Bonchev–Trinajstić information content (AvgIpc) is 3.48. The number of ketones is 1. The number of morpholine rings is 1. The van der Waals surface area contributed by atoms with Gasteiger partial charge in [0.1, 0.15) is 11.6 Å². The summed E-state index contributed by atoms with van der Waals surface area (Å²) in [6, 6.07) is 1.39. The summed E-state index contributed by atoms with van der Waals surface area (Å²) in [5.41, 5.74) is 1.14.